The van der Waals surface area contributed by atoms with E-state index >= 15 is 0 Å². The number of fused-ring (bicyclic) bond motifs is 5. The number of hydrogen-bond donors (Lipinski definition) is 2. The van der Waals surface area contributed by atoms with Gasteiger partial charge in [0.15, 0.2) is 0 Å². The van der Waals surface area contributed by atoms with E-state index in [1.807, 2.05) is 6.92 Å². The van der Waals surface area contributed by atoms with Crippen LogP contribution in [0.2, 0.25) is 0 Å². The Hall–Kier alpha value is -1.30. The van der Waals surface area contributed by atoms with Crippen molar-refractivity contribution < 1.29 is 28.2 Å². The second-order valence-electron chi connectivity index (χ2n) is 9.51. The van der Waals surface area contributed by atoms with Crippen LogP contribution in [0.25, 0.3) is 0 Å². The van der Waals surface area contributed by atoms with Crippen molar-refractivity contribution in [2.24, 2.45) is 28.6 Å². The fraction of sp³-hybridized carbons (Fsp3) is 0.762. The zero-order chi connectivity index (χ0) is 19.8. The van der Waals surface area contributed by atoms with E-state index in [0.29, 0.717) is 11.8 Å². The number of carbonyl (C=O) groups excluding carboxylic acids is 1. The van der Waals surface area contributed by atoms with Crippen molar-refractivity contribution in [3.8, 4) is 0 Å². The molecule has 0 radical (unpaired) electrons. The molecule has 0 saturated heterocycles. The Bertz CT molecular complexity index is 737. The average Bonchev–Trinajstić information content (AvgIpc) is 2.89. The van der Waals surface area contributed by atoms with Gasteiger partial charge < -0.3 is 10.2 Å². The van der Waals surface area contributed by atoms with Crippen molar-refractivity contribution in [3.05, 3.63) is 23.0 Å². The van der Waals surface area contributed by atoms with Gasteiger partial charge in [-0.25, -0.2) is 0 Å². The summed E-state index contributed by atoms with van der Waals surface area (Å²) in [6, 6.07) is 0. The van der Waals surface area contributed by atoms with Gasteiger partial charge in [-0.3, -0.25) is 4.79 Å². The van der Waals surface area contributed by atoms with Crippen LogP contribution in [-0.4, -0.2) is 28.3 Å². The minimum Gasteiger partial charge on any atom is -0.508 e. The number of aliphatic hydroxyl groups excluding tert-OH is 2. The molecule has 0 aromatic heterocycles. The molecule has 3 saturated carbocycles. The highest BCUT2D eigenvalue weighted by Crippen LogP contribution is 2.65. The summed E-state index contributed by atoms with van der Waals surface area (Å²) in [6.45, 7) is 4.13. The van der Waals surface area contributed by atoms with Crippen molar-refractivity contribution in [1.82, 2.24) is 0 Å². The number of Topliss-reactive ketones (excluding diaryl/α,β-unsaturated/α-hetero) is 1. The molecule has 3 nitrogen and oxygen atoms in total. The van der Waals surface area contributed by atoms with E-state index in [1.165, 1.54) is 6.08 Å². The highest BCUT2D eigenvalue weighted by Gasteiger charge is 2.59. The number of hydrogen-bond acceptors (Lipinski definition) is 3. The van der Waals surface area contributed by atoms with Gasteiger partial charge in [0.05, 0.1) is 6.10 Å². The third kappa shape index (κ3) is 2.62. The lowest BCUT2D eigenvalue weighted by atomic mass is 9.47. The number of halogens is 3. The highest BCUT2D eigenvalue weighted by molar-refractivity contribution is 6.00. The SMILES string of the molecule is C[C@]12CC[C@H]3[C@@H](CCC4=CC(O)=C(C(=O)C(F)(F)F)C[C@@]43C)[C@@H]1CC[C@@H]2O. The molecule has 3 fully saturated rings. The Morgan fingerprint density at radius 1 is 1.15 bits per heavy atom. The molecule has 0 bridgehead atoms. The summed E-state index contributed by atoms with van der Waals surface area (Å²) < 4.78 is 39.0. The molecule has 0 amide bonds. The minimum absolute atomic E-state index is 0.0455. The zero-order valence-corrected chi connectivity index (χ0v) is 15.8. The van der Waals surface area contributed by atoms with Crippen molar-refractivity contribution in [2.75, 3.05) is 0 Å². The first-order chi connectivity index (χ1) is 12.5. The molecule has 6 atom stereocenters. The Morgan fingerprint density at radius 2 is 1.85 bits per heavy atom. The smallest absolute Gasteiger partial charge is 0.454 e. The van der Waals surface area contributed by atoms with Crippen molar-refractivity contribution in [2.45, 2.75) is 71.1 Å². The topological polar surface area (TPSA) is 57.5 Å². The lowest BCUT2D eigenvalue weighted by Gasteiger charge is -2.57. The largest absolute Gasteiger partial charge is 0.508 e. The number of ketones is 1. The summed E-state index contributed by atoms with van der Waals surface area (Å²) in [5, 5.41) is 20.6. The number of allylic oxidation sites excluding steroid dienone is 3. The molecule has 4 aliphatic rings. The Balaban J connectivity index is 1.69. The van der Waals surface area contributed by atoms with Crippen LogP contribution in [0.4, 0.5) is 13.2 Å². The van der Waals surface area contributed by atoms with Gasteiger partial charge >= 0.3 is 6.18 Å². The molecule has 2 N–H and O–H groups in total. The van der Waals surface area contributed by atoms with Gasteiger partial charge in [-0.1, -0.05) is 19.4 Å². The average molecular weight is 384 g/mol. The fourth-order valence-electron chi connectivity index (χ4n) is 6.86. The molecule has 0 aliphatic heterocycles. The van der Waals surface area contributed by atoms with Gasteiger partial charge in [0.2, 0.25) is 0 Å². The molecule has 4 rings (SSSR count). The summed E-state index contributed by atoms with van der Waals surface area (Å²) in [7, 11) is 0. The maximum atomic E-state index is 13.0. The molecular weight excluding hydrogens is 357 g/mol. The number of alkyl halides is 3. The minimum atomic E-state index is -4.97. The van der Waals surface area contributed by atoms with Gasteiger partial charge in [0.1, 0.15) is 5.76 Å². The van der Waals surface area contributed by atoms with E-state index in [1.54, 1.807) is 0 Å². The van der Waals surface area contributed by atoms with Crippen LogP contribution in [0.3, 0.4) is 0 Å². The third-order valence-electron chi connectivity index (χ3n) is 8.38. The number of aliphatic hydroxyl groups is 2. The maximum Gasteiger partial charge on any atom is 0.454 e. The van der Waals surface area contributed by atoms with Gasteiger partial charge in [0.25, 0.3) is 5.78 Å². The molecule has 0 spiro atoms. The van der Waals surface area contributed by atoms with Crippen LogP contribution < -0.4 is 0 Å². The van der Waals surface area contributed by atoms with Gasteiger partial charge in [-0.15, -0.1) is 0 Å². The quantitative estimate of drug-likeness (QED) is 0.679. The van der Waals surface area contributed by atoms with Gasteiger partial charge in [-0.2, -0.15) is 13.2 Å². The molecule has 0 aromatic rings. The highest BCUT2D eigenvalue weighted by atomic mass is 19.4. The van der Waals surface area contributed by atoms with Crippen LogP contribution in [0, 0.1) is 28.6 Å². The molecule has 27 heavy (non-hydrogen) atoms. The monoisotopic (exact) mass is 384 g/mol. The van der Waals surface area contributed by atoms with E-state index in [4.69, 9.17) is 0 Å². The standard InChI is InChI=1S/C21H27F3O3/c1-19-8-7-15-12(14(19)5-6-17(19)26)4-3-11-9-16(25)13(10-20(11,15)2)18(27)21(22,23)24/h9,12,14-15,17,25-26H,3-8,10H2,1-2H3/t12-,14-,15-,17-,19-,20-/m0/s1. The van der Waals surface area contributed by atoms with Crippen LogP contribution in [0.15, 0.2) is 23.0 Å². The summed E-state index contributed by atoms with van der Waals surface area (Å²) in [4.78, 5) is 11.9. The fourth-order valence-corrected chi connectivity index (χ4v) is 6.86. The number of carbonyl (C=O) groups is 1. The molecule has 0 aromatic carbocycles. The van der Waals surface area contributed by atoms with Crippen LogP contribution in [0.1, 0.15) is 58.8 Å². The van der Waals surface area contributed by atoms with Crippen molar-refractivity contribution in [3.63, 3.8) is 0 Å². The van der Waals surface area contributed by atoms with Crippen molar-refractivity contribution >= 4 is 5.78 Å². The van der Waals surface area contributed by atoms with E-state index in [0.717, 1.165) is 44.1 Å². The molecule has 6 heteroatoms. The molecule has 150 valence electrons. The Kier molecular flexibility index (Phi) is 4.12. The van der Waals surface area contributed by atoms with Crippen molar-refractivity contribution in [1.29, 1.82) is 0 Å². The van der Waals surface area contributed by atoms with E-state index in [2.05, 4.69) is 6.92 Å². The predicted octanol–water partition coefficient (Wildman–Crippen LogP) is 4.86. The van der Waals surface area contributed by atoms with E-state index in [-0.39, 0.29) is 23.9 Å². The molecule has 0 heterocycles. The maximum absolute atomic E-state index is 13.0. The molecule has 0 unspecified atom stereocenters. The lowest BCUT2D eigenvalue weighted by Crippen LogP contribution is -2.51. The zero-order valence-electron chi connectivity index (χ0n) is 15.8. The third-order valence-corrected chi connectivity index (χ3v) is 8.38. The molecular formula is C21H27F3O3. The first-order valence-electron chi connectivity index (χ1n) is 9.91. The summed E-state index contributed by atoms with van der Waals surface area (Å²) in [6.07, 6.45) is 1.24. The van der Waals surface area contributed by atoms with Crippen LogP contribution >= 0.6 is 0 Å². The van der Waals surface area contributed by atoms with E-state index < -0.39 is 28.7 Å². The van der Waals surface area contributed by atoms with Crippen LogP contribution in [0.5, 0.6) is 0 Å². The second kappa shape index (κ2) is 5.85. The lowest BCUT2D eigenvalue weighted by molar-refractivity contribution is -0.167. The Morgan fingerprint density at radius 3 is 2.52 bits per heavy atom. The predicted molar refractivity (Wildman–Crippen MR) is 93.8 cm³/mol. The Labute approximate surface area is 157 Å². The first kappa shape index (κ1) is 19.0. The van der Waals surface area contributed by atoms with E-state index in [9.17, 15) is 28.2 Å². The first-order valence-corrected chi connectivity index (χ1v) is 9.91. The number of rotatable bonds is 1. The summed E-state index contributed by atoms with van der Waals surface area (Å²) >= 11 is 0. The second-order valence-corrected chi connectivity index (χ2v) is 9.51. The summed E-state index contributed by atoms with van der Waals surface area (Å²) in [5.41, 5.74) is -0.146. The summed E-state index contributed by atoms with van der Waals surface area (Å²) in [5.74, 6) is -1.52. The molecule has 4 aliphatic carbocycles. The van der Waals surface area contributed by atoms with Crippen LogP contribution in [-0.2, 0) is 4.79 Å². The van der Waals surface area contributed by atoms with Gasteiger partial charge in [-0.05, 0) is 79.6 Å². The normalized spacial score (nSPS) is 44.3. The van der Waals surface area contributed by atoms with Gasteiger partial charge in [0, 0.05) is 5.57 Å².